The van der Waals surface area contributed by atoms with E-state index in [9.17, 15) is 4.79 Å². The van der Waals surface area contributed by atoms with E-state index in [1.54, 1.807) is 11.8 Å². The van der Waals surface area contributed by atoms with E-state index in [2.05, 4.69) is 9.97 Å². The van der Waals surface area contributed by atoms with Gasteiger partial charge < -0.3 is 15.6 Å². The molecule has 0 saturated carbocycles. The van der Waals surface area contributed by atoms with Crippen molar-refractivity contribution in [3.63, 3.8) is 0 Å². The molecular weight excluding hydrogens is 168 g/mol. The highest BCUT2D eigenvalue weighted by molar-refractivity contribution is 5.73. The van der Waals surface area contributed by atoms with Gasteiger partial charge in [-0.2, -0.15) is 0 Å². The molecule has 5 heteroatoms. The van der Waals surface area contributed by atoms with Gasteiger partial charge in [0.15, 0.2) is 5.95 Å². The van der Waals surface area contributed by atoms with Gasteiger partial charge in [0, 0.05) is 19.9 Å². The van der Waals surface area contributed by atoms with Gasteiger partial charge in [0.1, 0.15) is 0 Å². The summed E-state index contributed by atoms with van der Waals surface area (Å²) in [5.74, 6) is 0.536. The fourth-order valence-electron chi connectivity index (χ4n) is 1.58. The summed E-state index contributed by atoms with van der Waals surface area (Å²) in [6.45, 7) is 2.92. The summed E-state index contributed by atoms with van der Waals surface area (Å²) in [7, 11) is 0. The fraction of sp³-hybridized carbons (Fsp3) is 0.500. The fourth-order valence-corrected chi connectivity index (χ4v) is 1.58. The van der Waals surface area contributed by atoms with Gasteiger partial charge in [0.25, 0.3) is 0 Å². The Balaban J connectivity index is 2.24. The maximum absolute atomic E-state index is 11.1. The summed E-state index contributed by atoms with van der Waals surface area (Å²) in [6, 6.07) is 0. The lowest BCUT2D eigenvalue weighted by Gasteiger charge is -2.24. The molecule has 70 valence electrons. The van der Waals surface area contributed by atoms with Crippen LogP contribution in [0.2, 0.25) is 0 Å². The number of imidazole rings is 1. The predicted molar refractivity (Wildman–Crippen MR) is 47.8 cm³/mol. The van der Waals surface area contributed by atoms with E-state index in [-0.39, 0.29) is 5.91 Å². The van der Waals surface area contributed by atoms with Crippen molar-refractivity contribution in [2.24, 2.45) is 0 Å². The topological polar surface area (TPSA) is 75.0 Å². The van der Waals surface area contributed by atoms with Gasteiger partial charge in [0.2, 0.25) is 5.91 Å². The quantitative estimate of drug-likeness (QED) is 0.585. The van der Waals surface area contributed by atoms with E-state index in [0.717, 1.165) is 24.4 Å². The monoisotopic (exact) mass is 180 g/mol. The molecule has 3 N–H and O–H groups in total. The van der Waals surface area contributed by atoms with E-state index in [0.29, 0.717) is 12.5 Å². The van der Waals surface area contributed by atoms with Crippen LogP contribution in [0.15, 0.2) is 0 Å². The molecule has 0 saturated heterocycles. The number of nitrogens with two attached hydrogens (primary N) is 1. The molecule has 0 aromatic carbocycles. The van der Waals surface area contributed by atoms with E-state index >= 15 is 0 Å². The molecule has 0 fully saturated rings. The van der Waals surface area contributed by atoms with E-state index < -0.39 is 0 Å². The average molecular weight is 180 g/mol. The molecule has 0 aliphatic carbocycles. The molecule has 1 aromatic heterocycles. The molecule has 1 amide bonds. The van der Waals surface area contributed by atoms with Crippen LogP contribution in [0.5, 0.6) is 0 Å². The van der Waals surface area contributed by atoms with Crippen molar-refractivity contribution in [3.8, 4) is 0 Å². The van der Waals surface area contributed by atoms with Crippen LogP contribution < -0.4 is 5.73 Å². The Morgan fingerprint density at radius 3 is 3.15 bits per heavy atom. The molecule has 1 aliphatic heterocycles. The van der Waals surface area contributed by atoms with Crippen molar-refractivity contribution >= 4 is 11.9 Å². The van der Waals surface area contributed by atoms with Crippen LogP contribution in [-0.4, -0.2) is 27.3 Å². The number of hydrogen-bond donors (Lipinski definition) is 2. The highest BCUT2D eigenvalue weighted by atomic mass is 16.2. The molecule has 2 heterocycles. The third-order valence-corrected chi connectivity index (χ3v) is 2.30. The summed E-state index contributed by atoms with van der Waals surface area (Å²) in [5.41, 5.74) is 7.48. The van der Waals surface area contributed by atoms with Gasteiger partial charge in [-0.05, 0) is 0 Å². The second-order valence-corrected chi connectivity index (χ2v) is 3.24. The van der Waals surface area contributed by atoms with E-state index in [1.165, 1.54) is 0 Å². The number of amides is 1. The number of nitrogens with zero attached hydrogens (tertiary/aromatic N) is 2. The number of nitrogen functional groups attached to an aromatic ring is 1. The Labute approximate surface area is 75.9 Å². The first kappa shape index (κ1) is 8.10. The minimum absolute atomic E-state index is 0.0961. The molecule has 13 heavy (non-hydrogen) atoms. The van der Waals surface area contributed by atoms with Crippen molar-refractivity contribution in [2.45, 2.75) is 19.9 Å². The average Bonchev–Trinajstić information content (AvgIpc) is 2.42. The van der Waals surface area contributed by atoms with Gasteiger partial charge in [-0.3, -0.25) is 4.79 Å². The van der Waals surface area contributed by atoms with Crippen LogP contribution in [0.3, 0.4) is 0 Å². The lowest BCUT2D eigenvalue weighted by molar-refractivity contribution is -0.129. The number of anilines is 1. The molecule has 0 spiro atoms. The van der Waals surface area contributed by atoms with Gasteiger partial charge in [-0.25, -0.2) is 4.98 Å². The summed E-state index contributed by atoms with van der Waals surface area (Å²) in [5, 5.41) is 0. The molecule has 0 atom stereocenters. The van der Waals surface area contributed by atoms with Crippen molar-refractivity contribution in [3.05, 3.63) is 11.4 Å². The zero-order valence-electron chi connectivity index (χ0n) is 7.50. The third-order valence-electron chi connectivity index (χ3n) is 2.30. The largest absolute Gasteiger partial charge is 0.369 e. The Kier molecular flexibility index (Phi) is 1.72. The van der Waals surface area contributed by atoms with Crippen LogP contribution in [-0.2, 0) is 17.8 Å². The number of fused-ring (bicyclic) bond motifs is 1. The van der Waals surface area contributed by atoms with Gasteiger partial charge >= 0.3 is 0 Å². The van der Waals surface area contributed by atoms with Gasteiger partial charge in [-0.1, -0.05) is 0 Å². The number of carbonyl (C=O) groups excluding carboxylic acids is 1. The summed E-state index contributed by atoms with van der Waals surface area (Å²) in [6.07, 6.45) is 0.794. The van der Waals surface area contributed by atoms with Crippen LogP contribution in [0.25, 0.3) is 0 Å². The molecule has 1 aromatic rings. The van der Waals surface area contributed by atoms with Crippen molar-refractivity contribution in [2.75, 3.05) is 12.3 Å². The lowest BCUT2D eigenvalue weighted by Crippen LogP contribution is -2.34. The number of H-pyrrole nitrogens is 1. The van der Waals surface area contributed by atoms with Crippen molar-refractivity contribution < 1.29 is 4.79 Å². The Bertz CT molecular complexity index is 344. The van der Waals surface area contributed by atoms with Gasteiger partial charge in [-0.15, -0.1) is 0 Å². The molecule has 1 aliphatic rings. The number of carbonyl (C=O) groups is 1. The summed E-state index contributed by atoms with van der Waals surface area (Å²) >= 11 is 0. The highest BCUT2D eigenvalue weighted by Gasteiger charge is 2.20. The molecule has 2 rings (SSSR count). The molecule has 0 radical (unpaired) electrons. The Morgan fingerprint density at radius 1 is 1.69 bits per heavy atom. The zero-order chi connectivity index (χ0) is 9.42. The maximum Gasteiger partial charge on any atom is 0.219 e. The smallest absolute Gasteiger partial charge is 0.219 e. The van der Waals surface area contributed by atoms with Gasteiger partial charge in [0.05, 0.1) is 17.9 Å². The van der Waals surface area contributed by atoms with E-state index in [4.69, 9.17) is 5.73 Å². The van der Waals surface area contributed by atoms with E-state index in [1.807, 2.05) is 0 Å². The Hall–Kier alpha value is -1.52. The number of rotatable bonds is 0. The lowest BCUT2D eigenvalue weighted by atomic mass is 10.1. The standard InChI is InChI=1S/C8H12N4O/c1-5(13)12-3-2-6-7(4-12)11-8(9)10-6/h2-4H2,1H3,(H3,9,10,11). The first-order chi connectivity index (χ1) is 6.16. The SMILES string of the molecule is CC(=O)N1CCc2nc(N)[nH]c2C1. The van der Waals surface area contributed by atoms with Crippen molar-refractivity contribution in [1.29, 1.82) is 0 Å². The number of nitrogens with one attached hydrogen (secondary N) is 1. The van der Waals surface area contributed by atoms with Crippen LogP contribution in [0, 0.1) is 0 Å². The number of aromatic amines is 1. The Morgan fingerprint density at radius 2 is 2.46 bits per heavy atom. The minimum atomic E-state index is 0.0961. The summed E-state index contributed by atoms with van der Waals surface area (Å²) < 4.78 is 0. The zero-order valence-corrected chi connectivity index (χ0v) is 7.50. The molecular formula is C8H12N4O. The molecule has 0 bridgehead atoms. The number of aromatic nitrogens is 2. The van der Waals surface area contributed by atoms with Crippen molar-refractivity contribution in [1.82, 2.24) is 14.9 Å². The van der Waals surface area contributed by atoms with Crippen LogP contribution in [0.1, 0.15) is 18.3 Å². The number of hydrogen-bond acceptors (Lipinski definition) is 3. The minimum Gasteiger partial charge on any atom is -0.369 e. The first-order valence-electron chi connectivity index (χ1n) is 4.25. The predicted octanol–water partition coefficient (Wildman–Crippen LogP) is -0.104. The molecule has 0 unspecified atom stereocenters. The maximum atomic E-state index is 11.1. The highest BCUT2D eigenvalue weighted by Crippen LogP contribution is 2.16. The van der Waals surface area contributed by atoms with Crippen LogP contribution >= 0.6 is 0 Å². The summed E-state index contributed by atoms with van der Waals surface area (Å²) in [4.78, 5) is 19.9. The second-order valence-electron chi connectivity index (χ2n) is 3.24. The second kappa shape index (κ2) is 2.76. The first-order valence-corrected chi connectivity index (χ1v) is 4.25. The normalized spacial score (nSPS) is 15.6. The van der Waals surface area contributed by atoms with Crippen LogP contribution in [0.4, 0.5) is 5.95 Å². The third kappa shape index (κ3) is 1.37. The molecule has 5 nitrogen and oxygen atoms in total.